The van der Waals surface area contributed by atoms with Crippen LogP contribution in [0.5, 0.6) is 0 Å². The number of aromatic nitrogens is 4. The number of H-pyrrole nitrogens is 1. The van der Waals surface area contributed by atoms with Gasteiger partial charge in [-0.3, -0.25) is 4.68 Å². The number of halogens is 1. The lowest BCUT2D eigenvalue weighted by Crippen LogP contribution is -2.54. The van der Waals surface area contributed by atoms with Gasteiger partial charge in [0.1, 0.15) is 11.5 Å². The highest BCUT2D eigenvalue weighted by molar-refractivity contribution is 5.80. The maximum Gasteiger partial charge on any atom is 0.318 e. The Balaban J connectivity index is 1.11. The minimum absolute atomic E-state index is 0.0220. The van der Waals surface area contributed by atoms with Crippen LogP contribution in [0.15, 0.2) is 54.9 Å². The molecule has 1 unspecified atom stereocenters. The number of likely N-dealkylation sites (tertiary alicyclic amines) is 1. The number of carbonyl (C=O) groups excluding carboxylic acids is 1. The Morgan fingerprint density at radius 2 is 1.89 bits per heavy atom. The van der Waals surface area contributed by atoms with E-state index in [1.807, 2.05) is 23.4 Å². The predicted molar refractivity (Wildman–Crippen MR) is 130 cm³/mol. The number of fused-ring (bicyclic) bond motifs is 3. The third kappa shape index (κ3) is 3.19. The molecule has 7 nitrogen and oxygen atoms in total. The maximum absolute atomic E-state index is 13.5. The van der Waals surface area contributed by atoms with Gasteiger partial charge in [0, 0.05) is 54.1 Å². The highest BCUT2D eigenvalue weighted by Gasteiger charge is 2.48. The zero-order valence-corrected chi connectivity index (χ0v) is 19.4. The van der Waals surface area contributed by atoms with Crippen LogP contribution in [0.25, 0.3) is 22.3 Å². The summed E-state index contributed by atoms with van der Waals surface area (Å²) in [5.41, 5.74) is 4.58. The van der Waals surface area contributed by atoms with Gasteiger partial charge in [0.2, 0.25) is 0 Å². The van der Waals surface area contributed by atoms with Crippen LogP contribution >= 0.6 is 0 Å². The summed E-state index contributed by atoms with van der Waals surface area (Å²) in [6.07, 6.45) is 8.53. The van der Waals surface area contributed by atoms with Gasteiger partial charge in [-0.15, -0.1) is 0 Å². The zero-order valence-electron chi connectivity index (χ0n) is 19.4. The first-order valence-electron chi connectivity index (χ1n) is 12.4. The van der Waals surface area contributed by atoms with Gasteiger partial charge in [0.15, 0.2) is 0 Å². The van der Waals surface area contributed by atoms with E-state index in [0.717, 1.165) is 73.0 Å². The molecule has 1 saturated carbocycles. The van der Waals surface area contributed by atoms with Crippen molar-refractivity contribution in [1.29, 1.82) is 0 Å². The molecule has 0 bridgehead atoms. The highest BCUT2D eigenvalue weighted by Crippen LogP contribution is 2.45. The van der Waals surface area contributed by atoms with Gasteiger partial charge in [-0.25, -0.2) is 14.2 Å². The lowest BCUT2D eigenvalue weighted by Gasteiger charge is -2.44. The van der Waals surface area contributed by atoms with Crippen molar-refractivity contribution in [2.45, 2.75) is 49.6 Å². The summed E-state index contributed by atoms with van der Waals surface area (Å²) in [5, 5.41) is 9.27. The molecule has 5 heterocycles. The van der Waals surface area contributed by atoms with Crippen LogP contribution in [0.3, 0.4) is 0 Å². The van der Waals surface area contributed by atoms with E-state index in [1.54, 1.807) is 12.1 Å². The van der Waals surface area contributed by atoms with E-state index in [2.05, 4.69) is 32.1 Å². The van der Waals surface area contributed by atoms with Crippen molar-refractivity contribution < 1.29 is 9.18 Å². The van der Waals surface area contributed by atoms with E-state index in [9.17, 15) is 9.18 Å². The average Bonchev–Trinajstić information content (AvgIpc) is 3.62. The molecule has 3 aromatic heterocycles. The van der Waals surface area contributed by atoms with Crippen molar-refractivity contribution in [1.82, 2.24) is 30.0 Å². The van der Waals surface area contributed by atoms with Crippen LogP contribution in [0, 0.1) is 5.82 Å². The van der Waals surface area contributed by atoms with Gasteiger partial charge >= 0.3 is 6.03 Å². The minimum atomic E-state index is -0.380. The molecular formula is C27H27FN6O. The molecule has 2 fully saturated rings. The fourth-order valence-electron chi connectivity index (χ4n) is 6.21. The van der Waals surface area contributed by atoms with E-state index in [4.69, 9.17) is 5.10 Å². The fraction of sp³-hybridized carbons (Fsp3) is 0.370. The first-order valence-corrected chi connectivity index (χ1v) is 12.4. The van der Waals surface area contributed by atoms with Crippen molar-refractivity contribution in [2.24, 2.45) is 0 Å². The zero-order chi connectivity index (χ0) is 23.6. The third-order valence-electron chi connectivity index (χ3n) is 8.41. The molecule has 2 N–H and O–H groups in total. The summed E-state index contributed by atoms with van der Waals surface area (Å²) in [4.78, 5) is 23.0. The Kier molecular flexibility index (Phi) is 4.38. The first kappa shape index (κ1) is 20.7. The minimum Gasteiger partial charge on any atom is -0.346 e. The third-order valence-corrected chi connectivity index (χ3v) is 8.41. The SMILES string of the molecule is O=C(NC1(c2ccc(F)cc2)CCC1)N1CCC2(CCn3nc(-c4cnc5[nH]ccc5c4)cc32)C1. The number of carbonyl (C=O) groups is 1. The lowest BCUT2D eigenvalue weighted by atomic mass is 9.72. The van der Waals surface area contributed by atoms with Crippen molar-refractivity contribution in [3.63, 3.8) is 0 Å². The number of amides is 2. The van der Waals surface area contributed by atoms with Gasteiger partial charge < -0.3 is 15.2 Å². The molecule has 1 spiro atoms. The van der Waals surface area contributed by atoms with E-state index >= 15 is 0 Å². The Morgan fingerprint density at radius 1 is 1.06 bits per heavy atom. The standard InChI is InChI=1S/C27H27FN6O/c28-21-4-2-20(3-5-21)27(7-1-8-27)31-25(35)33-12-9-26(17-33)10-13-34-23(26)15-22(32-34)19-14-18-6-11-29-24(18)30-16-19/h2-6,11,14-16H,1,7-10,12-13,17H2,(H,29,30)(H,31,35). The average molecular weight is 471 g/mol. The van der Waals surface area contributed by atoms with E-state index in [-0.39, 0.29) is 22.8 Å². The summed E-state index contributed by atoms with van der Waals surface area (Å²) >= 11 is 0. The van der Waals surface area contributed by atoms with Gasteiger partial charge in [-0.05, 0) is 68.0 Å². The maximum atomic E-state index is 13.5. The van der Waals surface area contributed by atoms with E-state index < -0.39 is 0 Å². The van der Waals surface area contributed by atoms with Crippen LogP contribution in [0.1, 0.15) is 43.4 Å². The lowest BCUT2D eigenvalue weighted by molar-refractivity contribution is 0.154. The van der Waals surface area contributed by atoms with Crippen molar-refractivity contribution in [3.8, 4) is 11.3 Å². The number of aromatic amines is 1. The number of hydrogen-bond acceptors (Lipinski definition) is 3. The van der Waals surface area contributed by atoms with Gasteiger partial charge in [-0.1, -0.05) is 12.1 Å². The summed E-state index contributed by atoms with van der Waals surface area (Å²) in [6, 6.07) is 12.9. The smallest absolute Gasteiger partial charge is 0.318 e. The van der Waals surface area contributed by atoms with Crippen LogP contribution in [-0.2, 0) is 17.5 Å². The monoisotopic (exact) mass is 470 g/mol. The Morgan fingerprint density at radius 3 is 2.69 bits per heavy atom. The second-order valence-corrected chi connectivity index (χ2v) is 10.4. The second kappa shape index (κ2) is 7.41. The van der Waals surface area contributed by atoms with Crippen LogP contribution in [0.4, 0.5) is 9.18 Å². The molecule has 2 amide bonds. The molecule has 2 aliphatic heterocycles. The normalized spacial score (nSPS) is 22.5. The predicted octanol–water partition coefficient (Wildman–Crippen LogP) is 4.70. The molecule has 1 aliphatic carbocycles. The number of rotatable bonds is 3. The molecular weight excluding hydrogens is 443 g/mol. The molecule has 7 rings (SSSR count). The molecule has 3 aliphatic rings. The quantitative estimate of drug-likeness (QED) is 0.456. The number of benzene rings is 1. The Hall–Kier alpha value is -3.68. The molecule has 1 atom stereocenters. The Bertz CT molecular complexity index is 1440. The van der Waals surface area contributed by atoms with Crippen molar-refractivity contribution >= 4 is 17.1 Å². The molecule has 8 heteroatoms. The first-order chi connectivity index (χ1) is 17.0. The molecule has 1 aromatic carbocycles. The molecule has 0 radical (unpaired) electrons. The highest BCUT2D eigenvalue weighted by atomic mass is 19.1. The molecule has 1 saturated heterocycles. The molecule has 4 aromatic rings. The molecule has 178 valence electrons. The topological polar surface area (TPSA) is 78.8 Å². The van der Waals surface area contributed by atoms with Gasteiger partial charge in [-0.2, -0.15) is 5.10 Å². The number of hydrogen-bond donors (Lipinski definition) is 2. The Labute approximate surface area is 202 Å². The van der Waals surface area contributed by atoms with Crippen molar-refractivity contribution in [2.75, 3.05) is 13.1 Å². The fourth-order valence-corrected chi connectivity index (χ4v) is 6.21. The summed E-state index contributed by atoms with van der Waals surface area (Å²) in [7, 11) is 0. The molecule has 35 heavy (non-hydrogen) atoms. The van der Waals surface area contributed by atoms with Crippen LogP contribution in [-0.4, -0.2) is 43.8 Å². The number of aryl methyl sites for hydroxylation is 1. The van der Waals surface area contributed by atoms with Crippen LogP contribution in [0.2, 0.25) is 0 Å². The second-order valence-electron chi connectivity index (χ2n) is 10.4. The largest absolute Gasteiger partial charge is 0.346 e. The number of nitrogens with zero attached hydrogens (tertiary/aromatic N) is 4. The number of pyridine rings is 1. The van der Waals surface area contributed by atoms with E-state index in [1.165, 1.54) is 17.8 Å². The summed E-state index contributed by atoms with van der Waals surface area (Å²) in [5.74, 6) is -0.253. The van der Waals surface area contributed by atoms with Gasteiger partial charge in [0.05, 0.1) is 11.2 Å². The number of nitrogens with one attached hydrogen (secondary N) is 2. The van der Waals surface area contributed by atoms with Gasteiger partial charge in [0.25, 0.3) is 0 Å². The van der Waals surface area contributed by atoms with E-state index in [0.29, 0.717) is 6.54 Å². The summed E-state index contributed by atoms with van der Waals surface area (Å²) in [6.45, 7) is 2.28. The number of urea groups is 1. The van der Waals surface area contributed by atoms with Crippen molar-refractivity contribution in [3.05, 3.63) is 71.9 Å². The van der Waals surface area contributed by atoms with Crippen LogP contribution < -0.4 is 5.32 Å². The summed E-state index contributed by atoms with van der Waals surface area (Å²) < 4.78 is 15.6.